The number of nitrogens with one attached hydrogen (secondary N) is 2. The zero-order chi connectivity index (χ0) is 27.9. The van der Waals surface area contributed by atoms with Crippen LogP contribution in [0.25, 0.3) is 0 Å². The Morgan fingerprint density at radius 1 is 1.03 bits per heavy atom. The van der Waals surface area contributed by atoms with Gasteiger partial charge in [-0.2, -0.15) is 0 Å². The first-order valence-electron chi connectivity index (χ1n) is 12.3. The molecule has 2 N–H and O–H groups in total. The van der Waals surface area contributed by atoms with Gasteiger partial charge < -0.3 is 15.4 Å². The Kier molecular flexibility index (Phi) is 9.41. The van der Waals surface area contributed by atoms with Crippen molar-refractivity contribution in [2.24, 2.45) is 0 Å². The normalized spacial score (nSPS) is 11.8. The molecular formula is C29H33N3O5S. The topological polar surface area (TPSA) is 105 Å². The summed E-state index contributed by atoms with van der Waals surface area (Å²) in [6.45, 7) is 6.84. The summed E-state index contributed by atoms with van der Waals surface area (Å²) in [7, 11) is 1.52. The van der Waals surface area contributed by atoms with E-state index in [2.05, 4.69) is 10.6 Å². The predicted octanol–water partition coefficient (Wildman–Crippen LogP) is 4.77. The summed E-state index contributed by atoms with van der Waals surface area (Å²) in [4.78, 5) is 54.3. The zero-order valence-electron chi connectivity index (χ0n) is 22.2. The minimum absolute atomic E-state index is 0.181. The van der Waals surface area contributed by atoms with Crippen LogP contribution >= 0.6 is 11.3 Å². The van der Waals surface area contributed by atoms with E-state index in [0.717, 1.165) is 0 Å². The van der Waals surface area contributed by atoms with Crippen LogP contribution in [-0.4, -0.2) is 42.7 Å². The maximum Gasteiger partial charge on any atom is 0.261 e. The largest absolute Gasteiger partial charge is 0.497 e. The predicted molar refractivity (Wildman–Crippen MR) is 149 cm³/mol. The van der Waals surface area contributed by atoms with Crippen LogP contribution in [0.15, 0.2) is 66.0 Å². The number of Topliss-reactive ketones (excluding diaryl/α,β-unsaturated/α-hetero) is 1. The molecule has 2 aromatic carbocycles. The highest BCUT2D eigenvalue weighted by Crippen LogP contribution is 2.31. The molecule has 3 aromatic rings. The minimum atomic E-state index is -1.11. The van der Waals surface area contributed by atoms with Gasteiger partial charge in [0.05, 0.1) is 18.5 Å². The number of thiophene rings is 1. The van der Waals surface area contributed by atoms with Crippen molar-refractivity contribution in [2.75, 3.05) is 18.6 Å². The maximum absolute atomic E-state index is 13.9. The van der Waals surface area contributed by atoms with Crippen LogP contribution in [0, 0.1) is 0 Å². The summed E-state index contributed by atoms with van der Waals surface area (Å²) in [5.41, 5.74) is 0.712. The lowest BCUT2D eigenvalue weighted by Gasteiger charge is -2.35. The highest BCUT2D eigenvalue weighted by molar-refractivity contribution is 7.12. The van der Waals surface area contributed by atoms with Gasteiger partial charge >= 0.3 is 0 Å². The molecule has 0 spiro atoms. The van der Waals surface area contributed by atoms with Crippen molar-refractivity contribution in [1.82, 2.24) is 10.6 Å². The highest BCUT2D eigenvalue weighted by atomic mass is 32.1. The van der Waals surface area contributed by atoms with E-state index in [0.29, 0.717) is 33.9 Å². The third-order valence-electron chi connectivity index (χ3n) is 6.21. The number of nitrogens with zero attached hydrogens (tertiary/aromatic N) is 1. The van der Waals surface area contributed by atoms with Crippen molar-refractivity contribution in [3.63, 3.8) is 0 Å². The lowest BCUT2D eigenvalue weighted by Crippen LogP contribution is -2.52. The van der Waals surface area contributed by atoms with Crippen molar-refractivity contribution < 1.29 is 23.9 Å². The van der Waals surface area contributed by atoms with Crippen LogP contribution in [0.4, 0.5) is 5.69 Å². The van der Waals surface area contributed by atoms with Crippen LogP contribution < -0.4 is 20.3 Å². The first kappa shape index (κ1) is 28.6. The molecule has 1 aromatic heterocycles. The number of benzene rings is 2. The van der Waals surface area contributed by atoms with Crippen molar-refractivity contribution in [1.29, 1.82) is 0 Å². The summed E-state index contributed by atoms with van der Waals surface area (Å²) < 4.78 is 5.39. The molecule has 0 aliphatic rings. The number of hydrogen-bond donors (Lipinski definition) is 2. The number of anilines is 1. The van der Waals surface area contributed by atoms with E-state index in [1.54, 1.807) is 66.0 Å². The van der Waals surface area contributed by atoms with E-state index < -0.39 is 23.4 Å². The summed E-state index contributed by atoms with van der Waals surface area (Å²) in [5, 5.41) is 7.47. The number of rotatable bonds is 11. The number of methoxy groups -OCH3 is 1. The molecule has 0 radical (unpaired) electrons. The van der Waals surface area contributed by atoms with E-state index in [9.17, 15) is 19.2 Å². The van der Waals surface area contributed by atoms with Gasteiger partial charge in [0.25, 0.3) is 5.91 Å². The Morgan fingerprint density at radius 3 is 2.39 bits per heavy atom. The maximum atomic E-state index is 13.9. The Balaban J connectivity index is 2.11. The molecular weight excluding hydrogens is 502 g/mol. The van der Waals surface area contributed by atoms with Crippen molar-refractivity contribution in [3.05, 3.63) is 82.0 Å². The molecule has 0 aliphatic heterocycles. The average molecular weight is 536 g/mol. The summed E-state index contributed by atoms with van der Waals surface area (Å²) in [5.74, 6) is -0.977. The van der Waals surface area contributed by atoms with Crippen LogP contribution in [0.3, 0.4) is 0 Å². The second kappa shape index (κ2) is 12.5. The molecule has 9 heteroatoms. The van der Waals surface area contributed by atoms with Gasteiger partial charge in [-0.25, -0.2) is 0 Å². The molecule has 0 bridgehead atoms. The summed E-state index contributed by atoms with van der Waals surface area (Å²) in [6, 6.07) is 15.8. The number of amides is 3. The fourth-order valence-corrected chi connectivity index (χ4v) is 4.41. The second-order valence-electron chi connectivity index (χ2n) is 9.44. The number of ether oxygens (including phenoxy) is 1. The molecule has 1 atom stereocenters. The molecule has 0 fully saturated rings. The molecule has 38 heavy (non-hydrogen) atoms. The van der Waals surface area contributed by atoms with Gasteiger partial charge in [0.2, 0.25) is 11.8 Å². The van der Waals surface area contributed by atoms with Crippen LogP contribution in [0.1, 0.15) is 65.8 Å². The summed E-state index contributed by atoms with van der Waals surface area (Å²) >= 11 is 1.26. The van der Waals surface area contributed by atoms with Crippen molar-refractivity contribution in [2.45, 2.75) is 45.7 Å². The van der Waals surface area contributed by atoms with Gasteiger partial charge in [0, 0.05) is 16.8 Å². The van der Waals surface area contributed by atoms with Gasteiger partial charge in [-0.3, -0.25) is 24.1 Å². The molecule has 3 rings (SSSR count). The third-order valence-corrected chi connectivity index (χ3v) is 7.07. The van der Waals surface area contributed by atoms with E-state index in [1.807, 2.05) is 20.8 Å². The summed E-state index contributed by atoms with van der Waals surface area (Å²) in [6.07, 6.45) is 0.661. The molecule has 0 saturated carbocycles. The zero-order valence-corrected chi connectivity index (χ0v) is 23.1. The van der Waals surface area contributed by atoms with E-state index >= 15 is 0 Å². The van der Waals surface area contributed by atoms with Gasteiger partial charge in [-0.15, -0.1) is 11.3 Å². The first-order valence-corrected chi connectivity index (χ1v) is 13.1. The Morgan fingerprint density at radius 2 is 1.76 bits per heavy atom. The monoisotopic (exact) mass is 535 g/mol. The third kappa shape index (κ3) is 7.07. The van der Waals surface area contributed by atoms with Gasteiger partial charge in [-0.1, -0.05) is 37.3 Å². The Labute approximate surface area is 227 Å². The van der Waals surface area contributed by atoms with Crippen LogP contribution in [0.2, 0.25) is 0 Å². The number of hydrogen-bond acceptors (Lipinski definition) is 6. The molecule has 0 aliphatic carbocycles. The lowest BCUT2D eigenvalue weighted by molar-refractivity contribution is -0.127. The van der Waals surface area contributed by atoms with Crippen molar-refractivity contribution in [3.8, 4) is 5.75 Å². The molecule has 0 saturated heterocycles. The molecule has 1 heterocycles. The number of carbonyl (C=O) groups excluding carboxylic acids is 4. The van der Waals surface area contributed by atoms with Crippen LogP contribution in [0.5, 0.6) is 5.75 Å². The molecule has 8 nitrogen and oxygen atoms in total. The first-order chi connectivity index (χ1) is 18.1. The standard InChI is InChI=1S/C29H33N3O5S/c1-6-29(3,4)31-28(36)26(21-11-8-13-23(17-21)37-5)32(22-12-7-10-20(16-22)19(2)33)25(34)18-30-27(35)24-14-9-15-38-24/h7-17,26H,6,18H2,1-5H3,(H,30,35)(H,31,36)/t26-/m1/s1. The minimum Gasteiger partial charge on any atom is -0.497 e. The van der Waals surface area contributed by atoms with Gasteiger partial charge in [0.15, 0.2) is 5.78 Å². The lowest BCUT2D eigenvalue weighted by atomic mass is 9.97. The van der Waals surface area contributed by atoms with Crippen LogP contribution in [-0.2, 0) is 9.59 Å². The van der Waals surface area contributed by atoms with E-state index in [4.69, 9.17) is 4.74 Å². The quantitative estimate of drug-likeness (QED) is 0.344. The Hall–Kier alpha value is -3.98. The van der Waals surface area contributed by atoms with Gasteiger partial charge in [0.1, 0.15) is 11.8 Å². The molecule has 0 unspecified atom stereocenters. The molecule has 200 valence electrons. The Bertz CT molecular complexity index is 1300. The van der Waals surface area contributed by atoms with Crippen molar-refractivity contribution >= 4 is 40.5 Å². The van der Waals surface area contributed by atoms with E-state index in [1.165, 1.54) is 30.3 Å². The fraction of sp³-hybridized carbons (Fsp3) is 0.310. The molecule has 3 amide bonds. The number of ketones is 1. The average Bonchev–Trinajstić information content (AvgIpc) is 3.45. The highest BCUT2D eigenvalue weighted by Gasteiger charge is 2.35. The number of carbonyl (C=O) groups is 4. The van der Waals surface area contributed by atoms with Gasteiger partial charge in [-0.05, 0) is 68.5 Å². The SMILES string of the molecule is CCC(C)(C)NC(=O)[C@@H](c1cccc(OC)c1)N(C(=O)CNC(=O)c1cccs1)c1cccc(C(C)=O)c1. The smallest absolute Gasteiger partial charge is 0.261 e. The van der Waals surface area contributed by atoms with E-state index in [-0.39, 0.29) is 18.2 Å². The second-order valence-corrected chi connectivity index (χ2v) is 10.4. The fourth-order valence-electron chi connectivity index (χ4n) is 3.77.